The van der Waals surface area contributed by atoms with E-state index in [1.165, 1.54) is 4.57 Å². The molecular formula is C20H29N5O3. The summed E-state index contributed by atoms with van der Waals surface area (Å²) < 4.78 is 1.45. The Kier molecular flexibility index (Phi) is 5.98. The van der Waals surface area contributed by atoms with Crippen molar-refractivity contribution >= 4 is 16.9 Å². The summed E-state index contributed by atoms with van der Waals surface area (Å²) in [6.45, 7) is 9.29. The molecule has 0 aromatic carbocycles. The number of carbonyl (C=O) groups is 1. The number of aromatic amines is 1. The highest BCUT2D eigenvalue weighted by molar-refractivity contribution is 6.05. The second-order valence-corrected chi connectivity index (χ2v) is 7.82. The van der Waals surface area contributed by atoms with Crippen molar-refractivity contribution < 1.29 is 4.79 Å². The maximum Gasteiger partial charge on any atom is 0.329 e. The molecule has 1 saturated heterocycles. The molecule has 3 heterocycles. The summed E-state index contributed by atoms with van der Waals surface area (Å²) in [5, 5.41) is 6.60. The Balaban J connectivity index is 2.17. The molecular weight excluding hydrogens is 358 g/mol. The number of nitrogens with one attached hydrogen (secondary N) is 3. The van der Waals surface area contributed by atoms with E-state index in [2.05, 4.69) is 20.6 Å². The Hall–Kier alpha value is -2.48. The quantitative estimate of drug-likeness (QED) is 0.720. The minimum atomic E-state index is -0.574. The molecule has 152 valence electrons. The summed E-state index contributed by atoms with van der Waals surface area (Å²) in [7, 11) is 0. The van der Waals surface area contributed by atoms with Gasteiger partial charge >= 0.3 is 5.69 Å². The van der Waals surface area contributed by atoms with E-state index < -0.39 is 11.2 Å². The van der Waals surface area contributed by atoms with Crippen LogP contribution in [0.2, 0.25) is 0 Å². The second-order valence-electron chi connectivity index (χ2n) is 7.82. The van der Waals surface area contributed by atoms with Crippen molar-refractivity contribution in [3.05, 3.63) is 38.2 Å². The van der Waals surface area contributed by atoms with E-state index in [4.69, 9.17) is 0 Å². The highest BCUT2D eigenvalue weighted by atomic mass is 16.2. The van der Waals surface area contributed by atoms with E-state index in [0.29, 0.717) is 18.7 Å². The van der Waals surface area contributed by atoms with Gasteiger partial charge in [-0.1, -0.05) is 20.8 Å². The number of amides is 1. The molecule has 8 heteroatoms. The molecule has 0 spiro atoms. The summed E-state index contributed by atoms with van der Waals surface area (Å²) in [6.07, 6.45) is 2.58. The van der Waals surface area contributed by atoms with Crippen molar-refractivity contribution in [1.82, 2.24) is 25.2 Å². The number of piperidine rings is 1. The van der Waals surface area contributed by atoms with Crippen LogP contribution in [0.3, 0.4) is 0 Å². The number of fused-ring (bicyclic) bond motifs is 1. The molecule has 1 aliphatic rings. The van der Waals surface area contributed by atoms with E-state index in [1.54, 1.807) is 6.07 Å². The SMILES string of the molecule is CCCn1c(=O)[nH]c(=O)c2c(C(=O)NC3CCCNC3C)cc(C(C)C)nc21. The maximum atomic E-state index is 13.1. The highest BCUT2D eigenvalue weighted by Crippen LogP contribution is 2.20. The van der Waals surface area contributed by atoms with Crippen molar-refractivity contribution in [2.45, 2.75) is 71.5 Å². The Morgan fingerprint density at radius 3 is 2.79 bits per heavy atom. The Morgan fingerprint density at radius 2 is 2.14 bits per heavy atom. The van der Waals surface area contributed by atoms with E-state index in [-0.39, 0.29) is 40.5 Å². The standard InChI is InChI=1S/C20H29N5O3/c1-5-9-25-17-16(19(27)24-20(25)28)13(10-15(22-17)11(2)3)18(26)23-14-7-6-8-21-12(14)4/h10-12,14,21H,5-9H2,1-4H3,(H,23,26)(H,24,27,28). The van der Waals surface area contributed by atoms with Gasteiger partial charge in [0.2, 0.25) is 0 Å². The molecule has 2 unspecified atom stereocenters. The van der Waals surface area contributed by atoms with Crippen molar-refractivity contribution in [1.29, 1.82) is 0 Å². The molecule has 0 aliphatic carbocycles. The van der Waals surface area contributed by atoms with Crippen LogP contribution in [0.5, 0.6) is 0 Å². The largest absolute Gasteiger partial charge is 0.348 e. The number of hydrogen-bond acceptors (Lipinski definition) is 5. The summed E-state index contributed by atoms with van der Waals surface area (Å²) >= 11 is 0. The Morgan fingerprint density at radius 1 is 1.39 bits per heavy atom. The van der Waals surface area contributed by atoms with Gasteiger partial charge < -0.3 is 10.6 Å². The van der Waals surface area contributed by atoms with Crippen LogP contribution in [0, 0.1) is 0 Å². The minimum Gasteiger partial charge on any atom is -0.348 e. The Labute approximate surface area is 163 Å². The second kappa shape index (κ2) is 8.26. The third-order valence-corrected chi connectivity index (χ3v) is 5.33. The molecule has 0 saturated carbocycles. The van der Waals surface area contributed by atoms with Gasteiger partial charge in [-0.25, -0.2) is 9.78 Å². The fourth-order valence-corrected chi connectivity index (χ4v) is 3.69. The number of carbonyl (C=O) groups excluding carboxylic acids is 1. The molecule has 28 heavy (non-hydrogen) atoms. The first-order valence-corrected chi connectivity index (χ1v) is 10.1. The van der Waals surface area contributed by atoms with Crippen molar-refractivity contribution in [3.63, 3.8) is 0 Å². The zero-order valence-corrected chi connectivity index (χ0v) is 17.0. The molecule has 2 atom stereocenters. The number of pyridine rings is 1. The van der Waals surface area contributed by atoms with Crippen LogP contribution in [-0.2, 0) is 6.54 Å². The molecule has 3 rings (SSSR count). The van der Waals surface area contributed by atoms with Crippen LogP contribution in [0.25, 0.3) is 11.0 Å². The fourth-order valence-electron chi connectivity index (χ4n) is 3.69. The van der Waals surface area contributed by atoms with Crippen LogP contribution < -0.4 is 21.9 Å². The van der Waals surface area contributed by atoms with Gasteiger partial charge in [0.1, 0.15) is 0 Å². The lowest BCUT2D eigenvalue weighted by molar-refractivity contribution is 0.0921. The van der Waals surface area contributed by atoms with Crippen LogP contribution in [0.4, 0.5) is 0 Å². The van der Waals surface area contributed by atoms with Crippen LogP contribution in [-0.4, -0.2) is 39.1 Å². The van der Waals surface area contributed by atoms with Gasteiger partial charge in [-0.15, -0.1) is 0 Å². The predicted octanol–water partition coefficient (Wildman–Crippen LogP) is 1.49. The van der Waals surface area contributed by atoms with Crippen LogP contribution in [0.15, 0.2) is 15.7 Å². The number of hydrogen-bond donors (Lipinski definition) is 3. The first kappa shape index (κ1) is 20.3. The van der Waals surface area contributed by atoms with Crippen molar-refractivity contribution in [2.75, 3.05) is 6.54 Å². The molecule has 2 aromatic rings. The molecule has 1 fully saturated rings. The van der Waals surface area contributed by atoms with Gasteiger partial charge in [-0.05, 0) is 44.7 Å². The smallest absolute Gasteiger partial charge is 0.329 e. The molecule has 0 radical (unpaired) electrons. The van der Waals surface area contributed by atoms with Gasteiger partial charge in [-0.3, -0.25) is 19.1 Å². The minimum absolute atomic E-state index is 0.00686. The summed E-state index contributed by atoms with van der Waals surface area (Å²) in [5.41, 5.74) is 0.168. The summed E-state index contributed by atoms with van der Waals surface area (Å²) in [4.78, 5) is 45.0. The normalized spacial score (nSPS) is 19.9. The molecule has 1 aliphatic heterocycles. The van der Waals surface area contributed by atoms with E-state index >= 15 is 0 Å². The van der Waals surface area contributed by atoms with E-state index in [1.807, 2.05) is 27.7 Å². The molecule has 1 amide bonds. The summed E-state index contributed by atoms with van der Waals surface area (Å²) in [5.74, 6) is -0.252. The first-order valence-electron chi connectivity index (χ1n) is 10.1. The monoisotopic (exact) mass is 387 g/mol. The molecule has 0 bridgehead atoms. The van der Waals surface area contributed by atoms with Gasteiger partial charge in [0, 0.05) is 24.3 Å². The lowest BCUT2D eigenvalue weighted by Crippen LogP contribution is -2.52. The number of aromatic nitrogens is 3. The zero-order chi connectivity index (χ0) is 20.4. The van der Waals surface area contributed by atoms with Crippen molar-refractivity contribution in [2.24, 2.45) is 0 Å². The Bertz CT molecular complexity index is 992. The summed E-state index contributed by atoms with van der Waals surface area (Å²) in [6, 6.07) is 1.83. The number of H-pyrrole nitrogens is 1. The first-order chi connectivity index (χ1) is 13.3. The van der Waals surface area contributed by atoms with E-state index in [0.717, 1.165) is 19.4 Å². The fraction of sp³-hybridized carbons (Fsp3) is 0.600. The topological polar surface area (TPSA) is 109 Å². The molecule has 8 nitrogen and oxygen atoms in total. The average Bonchev–Trinajstić information content (AvgIpc) is 2.65. The van der Waals surface area contributed by atoms with Gasteiger partial charge in [0.05, 0.1) is 10.9 Å². The average molecular weight is 387 g/mol. The number of aryl methyl sites for hydroxylation is 1. The predicted molar refractivity (Wildman–Crippen MR) is 109 cm³/mol. The van der Waals surface area contributed by atoms with Gasteiger partial charge in [-0.2, -0.15) is 0 Å². The van der Waals surface area contributed by atoms with E-state index in [9.17, 15) is 14.4 Å². The lowest BCUT2D eigenvalue weighted by Gasteiger charge is -2.30. The third kappa shape index (κ3) is 3.87. The molecule has 2 aromatic heterocycles. The number of rotatable bonds is 5. The maximum absolute atomic E-state index is 13.1. The van der Waals surface area contributed by atoms with Crippen LogP contribution in [0.1, 0.15) is 68.9 Å². The molecule has 3 N–H and O–H groups in total. The van der Waals surface area contributed by atoms with Gasteiger partial charge in [0.15, 0.2) is 5.65 Å². The van der Waals surface area contributed by atoms with Crippen LogP contribution >= 0.6 is 0 Å². The third-order valence-electron chi connectivity index (χ3n) is 5.33. The lowest BCUT2D eigenvalue weighted by atomic mass is 9.98. The van der Waals surface area contributed by atoms with Gasteiger partial charge in [0.25, 0.3) is 11.5 Å². The zero-order valence-electron chi connectivity index (χ0n) is 17.0. The van der Waals surface area contributed by atoms with Crippen molar-refractivity contribution in [3.8, 4) is 0 Å². The highest BCUT2D eigenvalue weighted by Gasteiger charge is 2.26. The number of nitrogens with zero attached hydrogens (tertiary/aromatic N) is 2.